The van der Waals surface area contributed by atoms with E-state index in [1.807, 2.05) is 43.3 Å². The van der Waals surface area contributed by atoms with Gasteiger partial charge in [0.25, 0.3) is 0 Å². The standard InChI is InChI=1S/C25H31ClN2O4/c1-3-31-22-8-9-24(26)19(15-22)14-18-10-12-27(13-11-18)16-23-17-28(25(29)32-23)20-4-6-21(30-2)7-5-20/h4-9,15,18,23H,3,10-14,16-17H2,1-2H3. The predicted octanol–water partition coefficient (Wildman–Crippen LogP) is 5.03. The second kappa shape index (κ2) is 10.5. The van der Waals surface area contributed by atoms with E-state index in [-0.39, 0.29) is 12.2 Å². The maximum atomic E-state index is 12.4. The number of anilines is 1. The Balaban J connectivity index is 1.26. The van der Waals surface area contributed by atoms with Gasteiger partial charge in [-0.3, -0.25) is 9.80 Å². The van der Waals surface area contributed by atoms with E-state index in [2.05, 4.69) is 11.0 Å². The molecule has 1 amide bonds. The zero-order valence-electron chi connectivity index (χ0n) is 18.8. The first-order chi connectivity index (χ1) is 15.6. The topological polar surface area (TPSA) is 51.2 Å². The smallest absolute Gasteiger partial charge is 0.414 e. The average molecular weight is 459 g/mol. The summed E-state index contributed by atoms with van der Waals surface area (Å²) in [6.07, 6.45) is 2.80. The Labute approximate surface area is 195 Å². The molecule has 0 radical (unpaired) electrons. The maximum Gasteiger partial charge on any atom is 0.414 e. The molecule has 2 aliphatic heterocycles. The number of halogens is 1. The number of benzene rings is 2. The number of nitrogens with zero attached hydrogens (tertiary/aromatic N) is 2. The maximum absolute atomic E-state index is 12.4. The fourth-order valence-corrected chi connectivity index (χ4v) is 4.72. The van der Waals surface area contributed by atoms with Crippen LogP contribution in [0.3, 0.4) is 0 Å². The fourth-order valence-electron chi connectivity index (χ4n) is 4.53. The number of amides is 1. The summed E-state index contributed by atoms with van der Waals surface area (Å²) in [4.78, 5) is 16.5. The number of piperidine rings is 1. The van der Waals surface area contributed by atoms with E-state index >= 15 is 0 Å². The van der Waals surface area contributed by atoms with Crippen molar-refractivity contribution < 1.29 is 19.0 Å². The van der Waals surface area contributed by atoms with Crippen molar-refractivity contribution in [2.45, 2.75) is 32.3 Å². The molecule has 2 aliphatic rings. The van der Waals surface area contributed by atoms with E-state index in [0.29, 0.717) is 19.1 Å². The number of carbonyl (C=O) groups excluding carboxylic acids is 1. The Morgan fingerprint density at radius 3 is 2.50 bits per heavy atom. The molecule has 1 unspecified atom stereocenters. The van der Waals surface area contributed by atoms with E-state index in [1.165, 1.54) is 0 Å². The summed E-state index contributed by atoms with van der Waals surface area (Å²) in [7, 11) is 1.63. The summed E-state index contributed by atoms with van der Waals surface area (Å²) in [6.45, 7) is 5.99. The molecule has 32 heavy (non-hydrogen) atoms. The van der Waals surface area contributed by atoms with Gasteiger partial charge in [0.2, 0.25) is 0 Å². The summed E-state index contributed by atoms with van der Waals surface area (Å²) < 4.78 is 16.5. The Bertz CT molecular complexity index is 913. The molecule has 1 atom stereocenters. The molecule has 6 nitrogen and oxygen atoms in total. The molecule has 2 aromatic rings. The molecule has 2 aromatic carbocycles. The summed E-state index contributed by atoms with van der Waals surface area (Å²) in [5.74, 6) is 2.25. The molecule has 7 heteroatoms. The van der Waals surface area contributed by atoms with Crippen molar-refractivity contribution in [3.8, 4) is 11.5 Å². The molecule has 2 heterocycles. The lowest BCUT2D eigenvalue weighted by Crippen LogP contribution is -2.40. The van der Waals surface area contributed by atoms with Gasteiger partial charge in [0, 0.05) is 17.3 Å². The van der Waals surface area contributed by atoms with Crippen LogP contribution >= 0.6 is 11.6 Å². The van der Waals surface area contributed by atoms with Crippen LogP contribution < -0.4 is 14.4 Å². The largest absolute Gasteiger partial charge is 0.497 e. The van der Waals surface area contributed by atoms with Gasteiger partial charge in [-0.25, -0.2) is 4.79 Å². The van der Waals surface area contributed by atoms with Crippen molar-refractivity contribution in [3.05, 3.63) is 53.1 Å². The van der Waals surface area contributed by atoms with Gasteiger partial charge in [-0.15, -0.1) is 0 Å². The second-order valence-electron chi connectivity index (χ2n) is 8.45. The third-order valence-electron chi connectivity index (χ3n) is 6.26. The third-order valence-corrected chi connectivity index (χ3v) is 6.63. The van der Waals surface area contributed by atoms with Gasteiger partial charge in [-0.1, -0.05) is 11.6 Å². The highest BCUT2D eigenvalue weighted by Gasteiger charge is 2.34. The molecule has 0 aromatic heterocycles. The van der Waals surface area contributed by atoms with Gasteiger partial charge < -0.3 is 14.2 Å². The van der Waals surface area contributed by atoms with Crippen LogP contribution in [0.2, 0.25) is 5.02 Å². The van der Waals surface area contributed by atoms with Crippen LogP contribution in [-0.4, -0.2) is 57.0 Å². The van der Waals surface area contributed by atoms with Gasteiger partial charge in [-0.2, -0.15) is 0 Å². The number of methoxy groups -OCH3 is 1. The van der Waals surface area contributed by atoms with Crippen molar-refractivity contribution >= 4 is 23.4 Å². The number of likely N-dealkylation sites (tertiary alicyclic amines) is 1. The highest BCUT2D eigenvalue weighted by atomic mass is 35.5. The van der Waals surface area contributed by atoms with E-state index in [4.69, 9.17) is 25.8 Å². The summed E-state index contributed by atoms with van der Waals surface area (Å²) in [5.41, 5.74) is 2.00. The minimum atomic E-state index is -0.279. The highest BCUT2D eigenvalue weighted by molar-refractivity contribution is 6.31. The fraction of sp³-hybridized carbons (Fsp3) is 0.480. The third kappa shape index (κ3) is 5.48. The zero-order chi connectivity index (χ0) is 22.5. The van der Waals surface area contributed by atoms with Crippen molar-refractivity contribution in [3.63, 3.8) is 0 Å². The minimum Gasteiger partial charge on any atom is -0.497 e. The Hall–Kier alpha value is -2.44. The zero-order valence-corrected chi connectivity index (χ0v) is 19.5. The van der Waals surface area contributed by atoms with Gasteiger partial charge in [0.1, 0.15) is 17.6 Å². The van der Waals surface area contributed by atoms with Gasteiger partial charge >= 0.3 is 6.09 Å². The number of ether oxygens (including phenoxy) is 3. The first-order valence-electron chi connectivity index (χ1n) is 11.3. The molecule has 0 N–H and O–H groups in total. The number of cyclic esters (lactones) is 1. The number of hydrogen-bond acceptors (Lipinski definition) is 5. The summed E-state index contributed by atoms with van der Waals surface area (Å²) >= 11 is 6.43. The molecule has 0 spiro atoms. The van der Waals surface area contributed by atoms with Crippen molar-refractivity contribution in [1.82, 2.24) is 4.90 Å². The van der Waals surface area contributed by atoms with Crippen LogP contribution in [-0.2, 0) is 11.2 Å². The quantitative estimate of drug-likeness (QED) is 0.555. The monoisotopic (exact) mass is 458 g/mol. The van der Waals surface area contributed by atoms with Crippen LogP contribution in [0.4, 0.5) is 10.5 Å². The van der Waals surface area contributed by atoms with Crippen LogP contribution in [0.1, 0.15) is 25.3 Å². The molecular formula is C25H31ClN2O4. The Morgan fingerprint density at radius 1 is 1.09 bits per heavy atom. The summed E-state index contributed by atoms with van der Waals surface area (Å²) in [6, 6.07) is 13.4. The minimum absolute atomic E-state index is 0.113. The van der Waals surface area contributed by atoms with Gasteiger partial charge in [0.05, 0.1) is 20.3 Å². The average Bonchev–Trinajstić information content (AvgIpc) is 3.17. The molecule has 4 rings (SSSR count). The highest BCUT2D eigenvalue weighted by Crippen LogP contribution is 2.29. The lowest BCUT2D eigenvalue weighted by atomic mass is 9.90. The molecule has 2 saturated heterocycles. The van der Waals surface area contributed by atoms with Crippen LogP contribution in [0.5, 0.6) is 11.5 Å². The molecule has 0 bridgehead atoms. The Kier molecular flexibility index (Phi) is 7.43. The van der Waals surface area contributed by atoms with E-state index in [0.717, 1.165) is 66.7 Å². The van der Waals surface area contributed by atoms with E-state index in [9.17, 15) is 4.79 Å². The molecule has 2 fully saturated rings. The normalized spacial score (nSPS) is 19.8. The molecule has 0 saturated carbocycles. The second-order valence-corrected chi connectivity index (χ2v) is 8.86. The van der Waals surface area contributed by atoms with Crippen LogP contribution in [0, 0.1) is 5.92 Å². The van der Waals surface area contributed by atoms with Gasteiger partial charge in [-0.05, 0) is 93.2 Å². The first-order valence-corrected chi connectivity index (χ1v) is 11.7. The van der Waals surface area contributed by atoms with Gasteiger partial charge in [0.15, 0.2) is 0 Å². The van der Waals surface area contributed by atoms with Crippen molar-refractivity contribution in [2.24, 2.45) is 5.92 Å². The first kappa shape index (κ1) is 22.7. The lowest BCUT2D eigenvalue weighted by molar-refractivity contribution is 0.0914. The van der Waals surface area contributed by atoms with Crippen LogP contribution in [0.25, 0.3) is 0 Å². The van der Waals surface area contributed by atoms with Crippen molar-refractivity contribution in [2.75, 3.05) is 44.8 Å². The lowest BCUT2D eigenvalue weighted by Gasteiger charge is -2.33. The molecule has 172 valence electrons. The Morgan fingerprint density at radius 2 is 1.81 bits per heavy atom. The number of hydrogen-bond donors (Lipinski definition) is 0. The molecular weight excluding hydrogens is 428 g/mol. The number of carbonyl (C=O) groups is 1. The van der Waals surface area contributed by atoms with E-state index in [1.54, 1.807) is 12.0 Å². The molecule has 0 aliphatic carbocycles. The summed E-state index contributed by atoms with van der Waals surface area (Å²) in [5, 5.41) is 0.812. The van der Waals surface area contributed by atoms with Crippen LogP contribution in [0.15, 0.2) is 42.5 Å². The number of rotatable bonds is 8. The van der Waals surface area contributed by atoms with Crippen molar-refractivity contribution in [1.29, 1.82) is 0 Å². The predicted molar refractivity (Wildman–Crippen MR) is 126 cm³/mol. The SMILES string of the molecule is CCOc1ccc(Cl)c(CC2CCN(CC3CN(c4ccc(OC)cc4)C(=O)O3)CC2)c1. The van der Waals surface area contributed by atoms with E-state index < -0.39 is 0 Å².